The van der Waals surface area contributed by atoms with Crippen molar-refractivity contribution in [3.63, 3.8) is 0 Å². The van der Waals surface area contributed by atoms with E-state index in [-0.39, 0.29) is 16.0 Å². The van der Waals surface area contributed by atoms with Gasteiger partial charge in [0.15, 0.2) is 5.52 Å². The molecule has 4 rings (SSSR count). The Bertz CT molecular complexity index is 1370. The van der Waals surface area contributed by atoms with Crippen LogP contribution in [0, 0.1) is 6.92 Å². The maximum absolute atomic E-state index is 12.9. The fraction of sp³-hybridized carbons (Fsp3) is 0.111. The molecule has 0 aliphatic heterocycles. The minimum absolute atomic E-state index is 0.0331. The van der Waals surface area contributed by atoms with Crippen molar-refractivity contribution in [2.45, 2.75) is 11.8 Å². The van der Waals surface area contributed by atoms with E-state index in [0.29, 0.717) is 21.6 Å². The second-order valence-electron chi connectivity index (χ2n) is 6.16. The fourth-order valence-electron chi connectivity index (χ4n) is 2.90. The largest absolute Gasteiger partial charge is 0.421 e. The highest BCUT2D eigenvalue weighted by Gasteiger charge is 2.19. The second-order valence-corrected chi connectivity index (χ2v) is 8.28. The highest BCUT2D eigenvalue weighted by atomic mass is 35.5. The number of anilines is 1. The van der Waals surface area contributed by atoms with Crippen LogP contribution in [0.4, 0.5) is 5.69 Å². The normalized spacial score (nSPS) is 12.0. The topological polar surface area (TPSA) is 94.2 Å². The Morgan fingerprint density at radius 3 is 2.74 bits per heavy atom. The molecule has 0 aliphatic carbocycles. The van der Waals surface area contributed by atoms with Crippen molar-refractivity contribution >= 4 is 49.3 Å². The number of nitrogens with zero attached hydrogens (tertiary/aromatic N) is 2. The summed E-state index contributed by atoms with van der Waals surface area (Å²) in [4.78, 5) is 16.1. The van der Waals surface area contributed by atoms with E-state index in [1.54, 1.807) is 36.7 Å². The number of halogens is 1. The summed E-state index contributed by atoms with van der Waals surface area (Å²) in [5, 5.41) is 0.908. The number of fused-ring (bicyclic) bond motifs is 3. The zero-order valence-corrected chi connectivity index (χ0v) is 15.9. The third-order valence-electron chi connectivity index (χ3n) is 4.29. The third-order valence-corrected chi connectivity index (χ3v) is 5.89. The molecule has 27 heavy (non-hydrogen) atoms. The van der Waals surface area contributed by atoms with Gasteiger partial charge in [-0.1, -0.05) is 17.7 Å². The molecule has 4 aromatic rings. The van der Waals surface area contributed by atoms with E-state index in [0.717, 1.165) is 5.56 Å². The molecule has 9 heteroatoms. The third kappa shape index (κ3) is 2.96. The highest BCUT2D eigenvalue weighted by Crippen LogP contribution is 2.27. The maximum atomic E-state index is 12.9. The standard InChI is InChI=1S/C18H14ClN3O4S/c1-10-3-4-11(19)7-14(10)21-27(24,25)12-5-6-15-13(8-12)17-16(18(23)26-15)20-9-22(17)2/h3-9,21H,1-2H3. The summed E-state index contributed by atoms with van der Waals surface area (Å²) in [6.45, 7) is 1.78. The lowest BCUT2D eigenvalue weighted by atomic mass is 10.2. The van der Waals surface area contributed by atoms with E-state index in [2.05, 4.69) is 9.71 Å². The first-order chi connectivity index (χ1) is 12.8. The van der Waals surface area contributed by atoms with Crippen molar-refractivity contribution in [1.82, 2.24) is 9.55 Å². The predicted molar refractivity (Wildman–Crippen MR) is 104 cm³/mol. The van der Waals surface area contributed by atoms with Crippen LogP contribution in [0.15, 0.2) is 56.8 Å². The Kier molecular flexibility index (Phi) is 3.97. The second kappa shape index (κ2) is 6.11. The fourth-order valence-corrected chi connectivity index (χ4v) is 4.22. The van der Waals surface area contributed by atoms with Crippen LogP contribution in [0.3, 0.4) is 0 Å². The molecule has 0 spiro atoms. The van der Waals surface area contributed by atoms with E-state index < -0.39 is 15.6 Å². The summed E-state index contributed by atoms with van der Waals surface area (Å²) in [5.74, 6) is 0. The SMILES string of the molecule is Cc1ccc(Cl)cc1NS(=O)(=O)c1ccc2oc(=O)c3ncn(C)c3c2c1. The van der Waals surface area contributed by atoms with Crippen LogP contribution in [0.2, 0.25) is 5.02 Å². The Morgan fingerprint density at radius 2 is 1.96 bits per heavy atom. The number of rotatable bonds is 3. The number of benzene rings is 2. The summed E-state index contributed by atoms with van der Waals surface area (Å²) in [5.41, 5.74) is 1.52. The number of aryl methyl sites for hydroxylation is 2. The minimum atomic E-state index is -3.88. The first-order valence-electron chi connectivity index (χ1n) is 7.93. The van der Waals surface area contributed by atoms with Gasteiger partial charge in [-0.25, -0.2) is 18.2 Å². The summed E-state index contributed by atoms with van der Waals surface area (Å²) in [6.07, 6.45) is 1.48. The Hall–Kier alpha value is -2.84. The molecule has 2 aromatic carbocycles. The van der Waals surface area contributed by atoms with Gasteiger partial charge in [0.25, 0.3) is 10.0 Å². The predicted octanol–water partition coefficient (Wildman–Crippen LogP) is 3.44. The molecule has 0 fully saturated rings. The van der Waals surface area contributed by atoms with Crippen LogP contribution in [0.25, 0.3) is 22.0 Å². The summed E-state index contributed by atoms with van der Waals surface area (Å²) in [7, 11) is -2.15. The molecule has 0 atom stereocenters. The maximum Gasteiger partial charge on any atom is 0.364 e. The molecule has 0 bridgehead atoms. The smallest absolute Gasteiger partial charge is 0.364 e. The number of hydrogen-bond acceptors (Lipinski definition) is 5. The monoisotopic (exact) mass is 403 g/mol. The highest BCUT2D eigenvalue weighted by molar-refractivity contribution is 7.92. The Morgan fingerprint density at radius 1 is 1.19 bits per heavy atom. The van der Waals surface area contributed by atoms with Crippen LogP contribution < -0.4 is 10.3 Å². The molecule has 138 valence electrons. The van der Waals surface area contributed by atoms with E-state index in [1.165, 1.54) is 24.5 Å². The zero-order valence-electron chi connectivity index (χ0n) is 14.4. The van der Waals surface area contributed by atoms with Gasteiger partial charge in [0, 0.05) is 17.5 Å². The molecule has 0 amide bonds. The molecule has 0 unspecified atom stereocenters. The average molecular weight is 404 g/mol. The summed E-state index contributed by atoms with van der Waals surface area (Å²) < 4.78 is 35.2. The molecule has 1 N–H and O–H groups in total. The van der Waals surface area contributed by atoms with Crippen LogP contribution in [0.5, 0.6) is 0 Å². The van der Waals surface area contributed by atoms with Crippen LogP contribution in [0.1, 0.15) is 5.56 Å². The minimum Gasteiger partial charge on any atom is -0.421 e. The molecular weight excluding hydrogens is 390 g/mol. The molecule has 7 nitrogen and oxygen atoms in total. The van der Waals surface area contributed by atoms with Gasteiger partial charge in [0.05, 0.1) is 22.4 Å². The van der Waals surface area contributed by atoms with Crippen molar-refractivity contribution < 1.29 is 12.8 Å². The van der Waals surface area contributed by atoms with Crippen molar-refractivity contribution in [3.8, 4) is 0 Å². The first kappa shape index (κ1) is 17.6. The van der Waals surface area contributed by atoms with Crippen LogP contribution in [-0.4, -0.2) is 18.0 Å². The first-order valence-corrected chi connectivity index (χ1v) is 9.79. The lowest BCUT2D eigenvalue weighted by Gasteiger charge is -2.11. The van der Waals surface area contributed by atoms with E-state index >= 15 is 0 Å². The van der Waals surface area contributed by atoms with Crippen molar-refractivity contribution in [2.75, 3.05) is 4.72 Å². The van der Waals surface area contributed by atoms with Gasteiger partial charge in [-0.2, -0.15) is 0 Å². The van der Waals surface area contributed by atoms with Crippen molar-refractivity contribution in [2.24, 2.45) is 7.05 Å². The average Bonchev–Trinajstić information content (AvgIpc) is 3.00. The van der Waals surface area contributed by atoms with Gasteiger partial charge >= 0.3 is 5.63 Å². The molecule has 0 aliphatic rings. The van der Waals surface area contributed by atoms with E-state index in [1.807, 2.05) is 0 Å². The molecule has 0 saturated heterocycles. The lowest BCUT2D eigenvalue weighted by Crippen LogP contribution is -2.14. The van der Waals surface area contributed by atoms with Gasteiger partial charge in [-0.3, -0.25) is 4.72 Å². The van der Waals surface area contributed by atoms with Gasteiger partial charge in [0.1, 0.15) is 5.58 Å². The van der Waals surface area contributed by atoms with Crippen LogP contribution in [-0.2, 0) is 17.1 Å². The molecule has 2 heterocycles. The van der Waals surface area contributed by atoms with Crippen LogP contribution >= 0.6 is 11.6 Å². The van der Waals surface area contributed by atoms with Gasteiger partial charge < -0.3 is 8.98 Å². The number of sulfonamides is 1. The quantitative estimate of drug-likeness (QED) is 0.529. The molecule has 0 saturated carbocycles. The number of nitrogens with one attached hydrogen (secondary N) is 1. The number of hydrogen-bond donors (Lipinski definition) is 1. The number of imidazole rings is 1. The molecular formula is C18H14ClN3O4S. The van der Waals surface area contributed by atoms with Gasteiger partial charge in [0.2, 0.25) is 0 Å². The lowest BCUT2D eigenvalue weighted by molar-refractivity contribution is 0.567. The van der Waals surface area contributed by atoms with Gasteiger partial charge in [-0.15, -0.1) is 0 Å². The number of aromatic nitrogens is 2. The summed E-state index contributed by atoms with van der Waals surface area (Å²) >= 11 is 5.97. The molecule has 0 radical (unpaired) electrons. The van der Waals surface area contributed by atoms with Gasteiger partial charge in [-0.05, 0) is 42.8 Å². The van der Waals surface area contributed by atoms with Crippen molar-refractivity contribution in [1.29, 1.82) is 0 Å². The summed E-state index contributed by atoms with van der Waals surface area (Å²) in [6, 6.07) is 9.27. The van der Waals surface area contributed by atoms with E-state index in [9.17, 15) is 13.2 Å². The van der Waals surface area contributed by atoms with E-state index in [4.69, 9.17) is 16.0 Å². The zero-order chi connectivity index (χ0) is 19.3. The Labute approximate surface area is 159 Å². The molecule has 2 aromatic heterocycles. The van der Waals surface area contributed by atoms with Crippen molar-refractivity contribution in [3.05, 3.63) is 63.7 Å². The Balaban J connectivity index is 1.89.